The second-order valence-electron chi connectivity index (χ2n) is 6.44. The SMILES string of the molecule is O=C(NCCN1CCN(S(=O)(=O)c2ccc(F)cc2)CC1)c1ccccc1I. The smallest absolute Gasteiger partial charge is 0.252 e. The molecule has 3 rings (SSSR count). The van der Waals surface area contributed by atoms with Gasteiger partial charge in [-0.15, -0.1) is 0 Å². The number of halogens is 2. The standard InChI is InChI=1S/C19H21FIN3O3S/c20-15-5-7-16(8-6-15)28(26,27)24-13-11-23(12-14-24)10-9-22-19(25)17-3-1-2-4-18(17)21/h1-8H,9-14H2,(H,22,25). The summed E-state index contributed by atoms with van der Waals surface area (Å²) in [4.78, 5) is 14.4. The van der Waals surface area contributed by atoms with Crippen LogP contribution in [0.3, 0.4) is 0 Å². The zero-order valence-electron chi connectivity index (χ0n) is 15.1. The Morgan fingerprint density at radius 2 is 1.68 bits per heavy atom. The van der Waals surface area contributed by atoms with Crippen LogP contribution in [0.4, 0.5) is 4.39 Å². The van der Waals surface area contributed by atoms with Crippen LogP contribution in [0, 0.1) is 9.39 Å². The van der Waals surface area contributed by atoms with E-state index in [0.29, 0.717) is 44.8 Å². The molecule has 0 saturated carbocycles. The molecule has 1 aliphatic rings. The molecule has 150 valence electrons. The van der Waals surface area contributed by atoms with E-state index in [4.69, 9.17) is 0 Å². The van der Waals surface area contributed by atoms with Gasteiger partial charge in [-0.05, 0) is 59.0 Å². The van der Waals surface area contributed by atoms with E-state index in [-0.39, 0.29) is 10.8 Å². The Balaban J connectivity index is 1.47. The Hall–Kier alpha value is -1.56. The Morgan fingerprint density at radius 1 is 1.04 bits per heavy atom. The highest BCUT2D eigenvalue weighted by Crippen LogP contribution is 2.18. The molecule has 0 unspecified atom stereocenters. The first-order chi connectivity index (χ1) is 13.4. The summed E-state index contributed by atoms with van der Waals surface area (Å²) >= 11 is 2.13. The highest BCUT2D eigenvalue weighted by atomic mass is 127. The van der Waals surface area contributed by atoms with E-state index in [1.807, 2.05) is 18.2 Å². The van der Waals surface area contributed by atoms with Gasteiger partial charge in [0.25, 0.3) is 5.91 Å². The topological polar surface area (TPSA) is 69.7 Å². The van der Waals surface area contributed by atoms with Gasteiger partial charge in [-0.25, -0.2) is 12.8 Å². The van der Waals surface area contributed by atoms with Gasteiger partial charge in [-0.3, -0.25) is 9.69 Å². The molecule has 1 aliphatic heterocycles. The van der Waals surface area contributed by atoms with Crippen LogP contribution >= 0.6 is 22.6 Å². The maximum Gasteiger partial charge on any atom is 0.252 e. The lowest BCUT2D eigenvalue weighted by molar-refractivity contribution is 0.0944. The van der Waals surface area contributed by atoms with Crippen LogP contribution in [0.2, 0.25) is 0 Å². The summed E-state index contributed by atoms with van der Waals surface area (Å²) in [6, 6.07) is 12.3. The van der Waals surface area contributed by atoms with Crippen molar-refractivity contribution in [3.8, 4) is 0 Å². The van der Waals surface area contributed by atoms with Gasteiger partial charge < -0.3 is 5.32 Å². The van der Waals surface area contributed by atoms with Crippen molar-refractivity contribution in [2.24, 2.45) is 0 Å². The van der Waals surface area contributed by atoms with Crippen molar-refractivity contribution in [1.29, 1.82) is 0 Å². The van der Waals surface area contributed by atoms with Gasteiger partial charge in [0.1, 0.15) is 5.82 Å². The van der Waals surface area contributed by atoms with E-state index in [1.165, 1.54) is 16.4 Å². The van der Waals surface area contributed by atoms with E-state index in [0.717, 1.165) is 15.7 Å². The van der Waals surface area contributed by atoms with Gasteiger partial charge in [0.05, 0.1) is 10.5 Å². The summed E-state index contributed by atoms with van der Waals surface area (Å²) in [5, 5.41) is 2.91. The Bertz CT molecular complexity index is 930. The molecular weight excluding hydrogens is 496 g/mol. The van der Waals surface area contributed by atoms with Gasteiger partial charge >= 0.3 is 0 Å². The molecule has 1 saturated heterocycles. The van der Waals surface area contributed by atoms with Crippen molar-refractivity contribution in [2.75, 3.05) is 39.3 Å². The molecule has 0 radical (unpaired) electrons. The van der Waals surface area contributed by atoms with E-state index in [2.05, 4.69) is 32.8 Å². The molecule has 2 aromatic rings. The van der Waals surface area contributed by atoms with Crippen LogP contribution in [0.15, 0.2) is 53.4 Å². The van der Waals surface area contributed by atoms with Crippen molar-refractivity contribution < 1.29 is 17.6 Å². The Kier molecular flexibility index (Phi) is 7.02. The normalized spacial score (nSPS) is 16.1. The lowest BCUT2D eigenvalue weighted by atomic mass is 10.2. The monoisotopic (exact) mass is 517 g/mol. The number of hydrogen-bond acceptors (Lipinski definition) is 4. The quantitative estimate of drug-likeness (QED) is 0.597. The summed E-state index contributed by atoms with van der Waals surface area (Å²) in [5.41, 5.74) is 0.651. The van der Waals surface area contributed by atoms with Gasteiger partial charge in [-0.1, -0.05) is 12.1 Å². The fraction of sp³-hybridized carbons (Fsp3) is 0.316. The van der Waals surface area contributed by atoms with Crippen molar-refractivity contribution in [1.82, 2.24) is 14.5 Å². The molecule has 0 aliphatic carbocycles. The number of rotatable bonds is 6. The van der Waals surface area contributed by atoms with Gasteiger partial charge in [0.15, 0.2) is 0 Å². The summed E-state index contributed by atoms with van der Waals surface area (Å²) in [7, 11) is -3.61. The lowest BCUT2D eigenvalue weighted by Gasteiger charge is -2.33. The molecule has 1 heterocycles. The van der Waals surface area contributed by atoms with Gasteiger partial charge in [-0.2, -0.15) is 4.31 Å². The number of piperazine rings is 1. The van der Waals surface area contributed by atoms with Crippen molar-refractivity contribution >= 4 is 38.5 Å². The third-order valence-electron chi connectivity index (χ3n) is 4.61. The molecule has 1 amide bonds. The van der Waals surface area contributed by atoms with Crippen LogP contribution in [-0.2, 0) is 10.0 Å². The number of hydrogen-bond donors (Lipinski definition) is 1. The molecular formula is C19H21FIN3O3S. The highest BCUT2D eigenvalue weighted by molar-refractivity contribution is 14.1. The molecule has 0 bridgehead atoms. The highest BCUT2D eigenvalue weighted by Gasteiger charge is 2.28. The van der Waals surface area contributed by atoms with E-state index in [1.54, 1.807) is 6.07 Å². The number of nitrogens with one attached hydrogen (secondary N) is 1. The summed E-state index contributed by atoms with van der Waals surface area (Å²) in [6.07, 6.45) is 0. The molecule has 0 aromatic heterocycles. The van der Waals surface area contributed by atoms with Crippen molar-refractivity contribution in [2.45, 2.75) is 4.90 Å². The second-order valence-corrected chi connectivity index (χ2v) is 9.54. The predicted octanol–water partition coefficient (Wildman–Crippen LogP) is 2.17. The van der Waals surface area contributed by atoms with E-state index >= 15 is 0 Å². The first kappa shape index (κ1) is 21.2. The Labute approximate surface area is 177 Å². The molecule has 2 aromatic carbocycles. The molecule has 0 atom stereocenters. The maximum absolute atomic E-state index is 13.0. The zero-order chi connectivity index (χ0) is 20.1. The molecule has 6 nitrogen and oxygen atoms in total. The fourth-order valence-electron chi connectivity index (χ4n) is 3.02. The number of amides is 1. The number of benzene rings is 2. The lowest BCUT2D eigenvalue weighted by Crippen LogP contribution is -2.50. The Morgan fingerprint density at radius 3 is 2.32 bits per heavy atom. The predicted molar refractivity (Wildman–Crippen MR) is 113 cm³/mol. The molecule has 0 spiro atoms. The van der Waals surface area contributed by atoms with Crippen LogP contribution in [0.5, 0.6) is 0 Å². The van der Waals surface area contributed by atoms with E-state index in [9.17, 15) is 17.6 Å². The largest absolute Gasteiger partial charge is 0.351 e. The first-order valence-electron chi connectivity index (χ1n) is 8.89. The first-order valence-corrected chi connectivity index (χ1v) is 11.4. The van der Waals surface area contributed by atoms with Crippen LogP contribution < -0.4 is 5.32 Å². The third-order valence-corrected chi connectivity index (χ3v) is 7.47. The molecule has 9 heteroatoms. The third kappa shape index (κ3) is 5.07. The number of carbonyl (C=O) groups is 1. The minimum atomic E-state index is -3.61. The zero-order valence-corrected chi connectivity index (χ0v) is 18.1. The number of carbonyl (C=O) groups excluding carboxylic acids is 1. The van der Waals surface area contributed by atoms with Crippen molar-refractivity contribution in [3.05, 3.63) is 63.5 Å². The van der Waals surface area contributed by atoms with E-state index < -0.39 is 15.8 Å². The summed E-state index contributed by atoms with van der Waals surface area (Å²) < 4.78 is 40.6. The number of sulfonamides is 1. The second kappa shape index (κ2) is 9.29. The minimum Gasteiger partial charge on any atom is -0.351 e. The maximum atomic E-state index is 13.0. The fourth-order valence-corrected chi connectivity index (χ4v) is 5.07. The summed E-state index contributed by atoms with van der Waals surface area (Å²) in [6.45, 7) is 3.04. The summed E-state index contributed by atoms with van der Waals surface area (Å²) in [5.74, 6) is -0.571. The van der Waals surface area contributed by atoms with Crippen LogP contribution in [0.25, 0.3) is 0 Å². The molecule has 28 heavy (non-hydrogen) atoms. The molecule has 1 fully saturated rings. The van der Waals surface area contributed by atoms with Gasteiger partial charge in [0, 0.05) is 42.8 Å². The minimum absolute atomic E-state index is 0.104. The molecule has 1 N–H and O–H groups in total. The number of nitrogens with zero attached hydrogens (tertiary/aromatic N) is 2. The van der Waals surface area contributed by atoms with Crippen molar-refractivity contribution in [3.63, 3.8) is 0 Å². The average Bonchev–Trinajstić information content (AvgIpc) is 2.69. The van der Waals surface area contributed by atoms with Crippen LogP contribution in [-0.4, -0.2) is 62.8 Å². The average molecular weight is 517 g/mol. The van der Waals surface area contributed by atoms with Crippen LogP contribution in [0.1, 0.15) is 10.4 Å². The van der Waals surface area contributed by atoms with Gasteiger partial charge in [0.2, 0.25) is 10.0 Å².